The molecule has 6 heteroatoms. The fourth-order valence-corrected chi connectivity index (χ4v) is 2.65. The van der Waals surface area contributed by atoms with Crippen LogP contribution in [0.4, 0.5) is 0 Å². The van der Waals surface area contributed by atoms with Crippen LogP contribution in [0.15, 0.2) is 18.6 Å². The maximum Gasteiger partial charge on any atom is 0.110 e. The van der Waals surface area contributed by atoms with Crippen LogP contribution >= 0.6 is 11.5 Å². The fraction of sp³-hybridized carbons (Fsp3) is 0.615. The zero-order valence-corrected chi connectivity index (χ0v) is 12.4. The second-order valence-corrected chi connectivity index (χ2v) is 5.38. The number of aromatic nitrogens is 4. The monoisotopic (exact) mass is 279 g/mol. The van der Waals surface area contributed by atoms with Gasteiger partial charge in [-0.3, -0.25) is 0 Å². The quantitative estimate of drug-likeness (QED) is 0.806. The second kappa shape index (κ2) is 7.35. The third-order valence-electron chi connectivity index (χ3n) is 3.02. The lowest BCUT2D eigenvalue weighted by Gasteiger charge is -2.16. The first-order chi connectivity index (χ1) is 9.35. The van der Waals surface area contributed by atoms with E-state index in [0.29, 0.717) is 0 Å². The topological polar surface area (TPSA) is 55.6 Å². The van der Waals surface area contributed by atoms with Gasteiger partial charge in [0.2, 0.25) is 0 Å². The number of hydrogen-bond donors (Lipinski definition) is 1. The van der Waals surface area contributed by atoms with E-state index < -0.39 is 0 Å². The van der Waals surface area contributed by atoms with Crippen molar-refractivity contribution in [3.63, 3.8) is 0 Å². The number of nitrogens with one attached hydrogen (secondary N) is 1. The van der Waals surface area contributed by atoms with Gasteiger partial charge in [0.25, 0.3) is 0 Å². The van der Waals surface area contributed by atoms with Crippen molar-refractivity contribution in [3.8, 4) is 0 Å². The molecule has 1 unspecified atom stereocenters. The van der Waals surface area contributed by atoms with Gasteiger partial charge in [0.1, 0.15) is 5.82 Å². The zero-order chi connectivity index (χ0) is 13.5. The zero-order valence-electron chi connectivity index (χ0n) is 11.5. The van der Waals surface area contributed by atoms with Crippen LogP contribution in [0.5, 0.6) is 0 Å². The number of rotatable bonds is 8. The first kappa shape index (κ1) is 14.1. The molecule has 0 saturated heterocycles. The van der Waals surface area contributed by atoms with Gasteiger partial charge in [-0.05, 0) is 30.9 Å². The van der Waals surface area contributed by atoms with E-state index in [4.69, 9.17) is 0 Å². The summed E-state index contributed by atoms with van der Waals surface area (Å²) in [4.78, 5) is 5.66. The number of hydrogen-bond acceptors (Lipinski definition) is 5. The third kappa shape index (κ3) is 3.84. The van der Waals surface area contributed by atoms with Crippen LogP contribution < -0.4 is 5.32 Å². The van der Waals surface area contributed by atoms with Crippen LogP contribution in [0.25, 0.3) is 0 Å². The normalized spacial score (nSPS) is 12.7. The number of nitrogens with zero attached hydrogens (tertiary/aromatic N) is 4. The minimum atomic E-state index is 0.262. The predicted octanol–water partition coefficient (Wildman–Crippen LogP) is 2.43. The lowest BCUT2D eigenvalue weighted by molar-refractivity contribution is 0.507. The molecule has 0 bridgehead atoms. The summed E-state index contributed by atoms with van der Waals surface area (Å²) in [5.41, 5.74) is 0. The van der Waals surface area contributed by atoms with Crippen LogP contribution in [0, 0.1) is 0 Å². The van der Waals surface area contributed by atoms with Gasteiger partial charge in [-0.15, -0.1) is 5.10 Å². The Hall–Kier alpha value is -1.27. The molecule has 0 aliphatic heterocycles. The van der Waals surface area contributed by atoms with Gasteiger partial charge in [0.05, 0.1) is 17.1 Å². The highest BCUT2D eigenvalue weighted by Gasteiger charge is 2.16. The predicted molar refractivity (Wildman–Crippen MR) is 77.2 cm³/mol. The van der Waals surface area contributed by atoms with E-state index in [1.165, 1.54) is 16.4 Å². The van der Waals surface area contributed by atoms with Crippen LogP contribution in [0.2, 0.25) is 0 Å². The molecule has 1 atom stereocenters. The molecule has 0 saturated carbocycles. The Labute approximate surface area is 118 Å². The van der Waals surface area contributed by atoms with Gasteiger partial charge in [0.15, 0.2) is 0 Å². The Bertz CT molecular complexity index is 465. The molecule has 0 aromatic carbocycles. The Kier molecular flexibility index (Phi) is 5.47. The third-order valence-corrected chi connectivity index (χ3v) is 3.79. The van der Waals surface area contributed by atoms with E-state index in [0.717, 1.165) is 38.2 Å². The summed E-state index contributed by atoms with van der Waals surface area (Å²) in [7, 11) is 0. The van der Waals surface area contributed by atoms with E-state index in [2.05, 4.69) is 44.5 Å². The van der Waals surface area contributed by atoms with E-state index in [1.807, 2.05) is 12.4 Å². The molecule has 0 aliphatic carbocycles. The lowest BCUT2D eigenvalue weighted by atomic mass is 10.1. The molecule has 2 aromatic rings. The van der Waals surface area contributed by atoms with Gasteiger partial charge in [0, 0.05) is 25.4 Å². The molecular formula is C13H21N5S. The van der Waals surface area contributed by atoms with Gasteiger partial charge < -0.3 is 9.88 Å². The van der Waals surface area contributed by atoms with E-state index in [-0.39, 0.29) is 6.04 Å². The van der Waals surface area contributed by atoms with Crippen LogP contribution in [0.1, 0.15) is 43.4 Å². The Morgan fingerprint density at radius 2 is 2.26 bits per heavy atom. The van der Waals surface area contributed by atoms with Gasteiger partial charge in [-0.2, -0.15) is 0 Å². The summed E-state index contributed by atoms with van der Waals surface area (Å²) < 4.78 is 6.19. The Balaban J connectivity index is 2.08. The van der Waals surface area contributed by atoms with Crippen molar-refractivity contribution in [2.75, 3.05) is 6.54 Å². The van der Waals surface area contributed by atoms with Crippen molar-refractivity contribution in [1.29, 1.82) is 0 Å². The largest absolute Gasteiger partial charge is 0.335 e. The smallest absolute Gasteiger partial charge is 0.110 e. The molecule has 0 aliphatic rings. The van der Waals surface area contributed by atoms with Gasteiger partial charge in [-0.1, -0.05) is 18.3 Å². The second-order valence-electron chi connectivity index (χ2n) is 4.57. The van der Waals surface area contributed by atoms with Crippen molar-refractivity contribution >= 4 is 11.5 Å². The standard InChI is InChI=1S/C13H21N5S/c1-3-5-14-11(12-10-16-17-19-12)9-13-15-6-8-18(13)7-4-2/h6,8,10-11,14H,3-5,7,9H2,1-2H3. The molecule has 2 heterocycles. The summed E-state index contributed by atoms with van der Waals surface area (Å²) in [6, 6.07) is 0.262. The maximum atomic E-state index is 4.48. The SMILES string of the molecule is CCCNC(Cc1nccn1CCC)c1cnns1. The molecule has 0 radical (unpaired) electrons. The molecule has 104 valence electrons. The molecule has 2 rings (SSSR count). The molecule has 1 N–H and O–H groups in total. The maximum absolute atomic E-state index is 4.48. The fourth-order valence-electron chi connectivity index (χ4n) is 2.08. The molecule has 5 nitrogen and oxygen atoms in total. The van der Waals surface area contributed by atoms with Crippen molar-refractivity contribution in [3.05, 3.63) is 29.3 Å². The Morgan fingerprint density at radius 1 is 1.37 bits per heavy atom. The van der Waals surface area contributed by atoms with Crippen molar-refractivity contribution in [2.45, 2.75) is 45.7 Å². The summed E-state index contributed by atoms with van der Waals surface area (Å²) in [5, 5.41) is 7.50. The molecule has 2 aromatic heterocycles. The summed E-state index contributed by atoms with van der Waals surface area (Å²) in [6.07, 6.45) is 8.92. The minimum absolute atomic E-state index is 0.262. The highest BCUT2D eigenvalue weighted by molar-refractivity contribution is 7.05. The molecule has 19 heavy (non-hydrogen) atoms. The van der Waals surface area contributed by atoms with E-state index >= 15 is 0 Å². The van der Waals surface area contributed by atoms with Crippen LogP contribution in [-0.2, 0) is 13.0 Å². The Morgan fingerprint density at radius 3 is 2.95 bits per heavy atom. The van der Waals surface area contributed by atoms with E-state index in [1.54, 1.807) is 0 Å². The molecular weight excluding hydrogens is 258 g/mol. The summed E-state index contributed by atoms with van der Waals surface area (Å²) in [6.45, 7) is 6.38. The van der Waals surface area contributed by atoms with Crippen LogP contribution in [-0.4, -0.2) is 25.7 Å². The average Bonchev–Trinajstić information content (AvgIpc) is 3.06. The summed E-state index contributed by atoms with van der Waals surface area (Å²) >= 11 is 1.46. The van der Waals surface area contributed by atoms with Crippen molar-refractivity contribution in [2.24, 2.45) is 0 Å². The minimum Gasteiger partial charge on any atom is -0.335 e. The van der Waals surface area contributed by atoms with E-state index in [9.17, 15) is 0 Å². The van der Waals surface area contributed by atoms with Gasteiger partial charge in [-0.25, -0.2) is 4.98 Å². The first-order valence-electron chi connectivity index (χ1n) is 6.85. The van der Waals surface area contributed by atoms with Crippen molar-refractivity contribution in [1.82, 2.24) is 24.5 Å². The first-order valence-corrected chi connectivity index (χ1v) is 7.63. The summed E-state index contributed by atoms with van der Waals surface area (Å²) in [5.74, 6) is 1.13. The highest BCUT2D eigenvalue weighted by atomic mass is 32.1. The lowest BCUT2D eigenvalue weighted by Crippen LogP contribution is -2.24. The average molecular weight is 279 g/mol. The number of aryl methyl sites for hydroxylation is 1. The number of imidazole rings is 1. The molecule has 0 fully saturated rings. The van der Waals surface area contributed by atoms with Crippen LogP contribution in [0.3, 0.4) is 0 Å². The highest BCUT2D eigenvalue weighted by Crippen LogP contribution is 2.20. The molecule has 0 amide bonds. The van der Waals surface area contributed by atoms with Crippen molar-refractivity contribution < 1.29 is 0 Å². The molecule has 0 spiro atoms. The van der Waals surface area contributed by atoms with Gasteiger partial charge >= 0.3 is 0 Å².